The molecule has 0 saturated heterocycles. The van der Waals surface area contributed by atoms with E-state index in [1.807, 2.05) is 5.92 Å². The maximum Gasteiger partial charge on any atom is 0.308 e. The molecule has 0 radical (unpaired) electrons. The van der Waals surface area contributed by atoms with Crippen LogP contribution < -0.4 is 0 Å². The molecule has 10 heavy (non-hydrogen) atoms. The van der Waals surface area contributed by atoms with Crippen molar-refractivity contribution in [3.05, 3.63) is 0 Å². The molecule has 0 unspecified atom stereocenters. The quantitative estimate of drug-likeness (QED) is 0.432. The highest BCUT2D eigenvalue weighted by Gasteiger charge is 2.39. The lowest BCUT2D eigenvalue weighted by Gasteiger charge is -2.12. The summed E-state index contributed by atoms with van der Waals surface area (Å²) >= 11 is 0. The fourth-order valence-corrected chi connectivity index (χ4v) is 0.348. The van der Waals surface area contributed by atoms with E-state index in [2.05, 4.69) is 6.42 Å². The van der Waals surface area contributed by atoms with E-state index in [0.717, 1.165) is 0 Å². The Hall–Kier alpha value is -0.720. The average molecular weight is 154 g/mol. The summed E-state index contributed by atoms with van der Waals surface area (Å²) in [5.74, 6) is -2.06. The van der Waals surface area contributed by atoms with Crippen LogP contribution in [0.4, 0.5) is 17.6 Å². The van der Waals surface area contributed by atoms with Gasteiger partial charge in [-0.1, -0.05) is 0 Å². The summed E-state index contributed by atoms with van der Waals surface area (Å²) in [7, 11) is 0. The summed E-state index contributed by atoms with van der Waals surface area (Å²) in [6.07, 6.45) is -0.268. The Morgan fingerprint density at radius 3 is 2.20 bits per heavy atom. The van der Waals surface area contributed by atoms with Crippen LogP contribution in [-0.2, 0) is 0 Å². The van der Waals surface area contributed by atoms with Crippen molar-refractivity contribution in [1.29, 1.82) is 0 Å². The van der Waals surface area contributed by atoms with E-state index >= 15 is 0 Å². The fraction of sp³-hybridized carbons (Fsp3) is 0.667. The number of rotatable bonds is 3. The zero-order chi connectivity index (χ0) is 8.20. The van der Waals surface area contributed by atoms with Gasteiger partial charge in [0.2, 0.25) is 0 Å². The molecule has 0 aliphatic rings. The minimum Gasteiger partial charge on any atom is -0.204 e. The third-order valence-corrected chi connectivity index (χ3v) is 0.922. The van der Waals surface area contributed by atoms with Crippen LogP contribution in [0.1, 0.15) is 12.8 Å². The van der Waals surface area contributed by atoms with E-state index < -0.39 is 18.8 Å². The summed E-state index contributed by atoms with van der Waals surface area (Å²) < 4.78 is 46.4. The van der Waals surface area contributed by atoms with Gasteiger partial charge in [0, 0.05) is 12.8 Å². The van der Waals surface area contributed by atoms with Crippen molar-refractivity contribution in [1.82, 2.24) is 0 Å². The number of hydrogen-bond acceptors (Lipinski definition) is 0. The van der Waals surface area contributed by atoms with Gasteiger partial charge in [0.15, 0.2) is 0 Å². The van der Waals surface area contributed by atoms with Crippen molar-refractivity contribution >= 4 is 0 Å². The van der Waals surface area contributed by atoms with Gasteiger partial charge in [0.25, 0.3) is 0 Å². The van der Waals surface area contributed by atoms with Crippen LogP contribution in [0.3, 0.4) is 0 Å². The Kier molecular flexibility index (Phi) is 3.20. The smallest absolute Gasteiger partial charge is 0.204 e. The summed E-state index contributed by atoms with van der Waals surface area (Å²) in [4.78, 5) is 0. The molecule has 4 heteroatoms. The van der Waals surface area contributed by atoms with Gasteiger partial charge in [-0.05, 0) is 0 Å². The molecule has 0 spiro atoms. The molecule has 0 bridgehead atoms. The SMILES string of the molecule is C#CCCC(F)(F)C(F)F. The Balaban J connectivity index is 3.77. The minimum absolute atomic E-state index is 0.322. The van der Waals surface area contributed by atoms with Crippen molar-refractivity contribution < 1.29 is 17.6 Å². The van der Waals surface area contributed by atoms with Gasteiger partial charge < -0.3 is 0 Å². The largest absolute Gasteiger partial charge is 0.308 e. The second-order valence-corrected chi connectivity index (χ2v) is 1.77. The lowest BCUT2D eigenvalue weighted by atomic mass is 10.2. The standard InChI is InChI=1S/C6H6F4/c1-2-3-4-6(9,10)5(7)8/h1,5H,3-4H2. The Labute approximate surface area is 56.2 Å². The molecule has 0 rings (SSSR count). The molecule has 58 valence electrons. The zero-order valence-corrected chi connectivity index (χ0v) is 5.08. The molecule has 0 aromatic heterocycles. The maximum atomic E-state index is 11.9. The highest BCUT2D eigenvalue weighted by molar-refractivity contribution is 4.86. The number of halogens is 4. The molecule has 0 fully saturated rings. The molecule has 0 N–H and O–H groups in total. The lowest BCUT2D eigenvalue weighted by Crippen LogP contribution is -2.25. The predicted molar refractivity (Wildman–Crippen MR) is 29.0 cm³/mol. The molecule has 0 saturated carbocycles. The summed E-state index contributed by atoms with van der Waals surface area (Å²) in [6, 6.07) is 0. The molecule has 0 aromatic rings. The van der Waals surface area contributed by atoms with Crippen LogP contribution in [0.2, 0.25) is 0 Å². The van der Waals surface area contributed by atoms with E-state index in [0.29, 0.717) is 0 Å². The summed E-state index contributed by atoms with van der Waals surface area (Å²) in [5.41, 5.74) is 0. The topological polar surface area (TPSA) is 0 Å². The van der Waals surface area contributed by atoms with Crippen LogP contribution in [-0.4, -0.2) is 12.3 Å². The second-order valence-electron chi connectivity index (χ2n) is 1.77. The van der Waals surface area contributed by atoms with Crippen LogP contribution in [0.15, 0.2) is 0 Å². The van der Waals surface area contributed by atoms with Crippen LogP contribution in [0, 0.1) is 12.3 Å². The second kappa shape index (κ2) is 3.45. The van der Waals surface area contributed by atoms with Gasteiger partial charge in [0.05, 0.1) is 0 Å². The third-order valence-electron chi connectivity index (χ3n) is 0.922. The minimum atomic E-state index is -3.92. The molecule has 0 atom stereocenters. The Morgan fingerprint density at radius 2 is 1.90 bits per heavy atom. The lowest BCUT2D eigenvalue weighted by molar-refractivity contribution is -0.131. The van der Waals surface area contributed by atoms with Crippen LogP contribution >= 0.6 is 0 Å². The molecule has 0 nitrogen and oxygen atoms in total. The van der Waals surface area contributed by atoms with Gasteiger partial charge in [-0.3, -0.25) is 0 Å². The van der Waals surface area contributed by atoms with Crippen LogP contribution in [0.25, 0.3) is 0 Å². The van der Waals surface area contributed by atoms with Crippen molar-refractivity contribution in [3.8, 4) is 12.3 Å². The molecule has 0 aliphatic heterocycles. The van der Waals surface area contributed by atoms with Gasteiger partial charge in [-0.2, -0.15) is 0 Å². The van der Waals surface area contributed by atoms with Gasteiger partial charge in [0.1, 0.15) is 0 Å². The van der Waals surface area contributed by atoms with Gasteiger partial charge >= 0.3 is 12.3 Å². The predicted octanol–water partition coefficient (Wildman–Crippen LogP) is 2.30. The molecule has 0 aliphatic carbocycles. The number of alkyl halides is 4. The monoisotopic (exact) mass is 154 g/mol. The van der Waals surface area contributed by atoms with Crippen molar-refractivity contribution in [2.24, 2.45) is 0 Å². The number of terminal acetylenes is 1. The maximum absolute atomic E-state index is 11.9. The first-order valence-electron chi connectivity index (χ1n) is 2.60. The first kappa shape index (κ1) is 9.28. The van der Waals surface area contributed by atoms with E-state index in [9.17, 15) is 17.6 Å². The molecule has 0 heterocycles. The molecular weight excluding hydrogens is 148 g/mol. The molecule has 0 aromatic carbocycles. The highest BCUT2D eigenvalue weighted by atomic mass is 19.3. The third kappa shape index (κ3) is 2.72. The summed E-state index contributed by atoms with van der Waals surface area (Å²) in [6.45, 7) is 0. The van der Waals surface area contributed by atoms with Crippen LogP contribution in [0.5, 0.6) is 0 Å². The highest BCUT2D eigenvalue weighted by Crippen LogP contribution is 2.27. The molecular formula is C6H6F4. The van der Waals surface area contributed by atoms with Crippen molar-refractivity contribution in [3.63, 3.8) is 0 Å². The van der Waals surface area contributed by atoms with Crippen molar-refractivity contribution in [2.45, 2.75) is 25.2 Å². The van der Waals surface area contributed by atoms with E-state index in [1.165, 1.54) is 0 Å². The summed E-state index contributed by atoms with van der Waals surface area (Å²) in [5, 5.41) is 0. The Bertz CT molecular complexity index is 133. The fourth-order valence-electron chi connectivity index (χ4n) is 0.348. The zero-order valence-electron chi connectivity index (χ0n) is 5.08. The average Bonchev–Trinajstić information content (AvgIpc) is 1.84. The molecule has 0 amide bonds. The van der Waals surface area contributed by atoms with Gasteiger partial charge in [-0.15, -0.1) is 12.3 Å². The van der Waals surface area contributed by atoms with E-state index in [1.54, 1.807) is 0 Å². The Morgan fingerprint density at radius 1 is 1.40 bits per heavy atom. The van der Waals surface area contributed by atoms with E-state index in [4.69, 9.17) is 0 Å². The van der Waals surface area contributed by atoms with Gasteiger partial charge in [-0.25, -0.2) is 17.6 Å². The normalized spacial score (nSPS) is 11.6. The first-order valence-corrected chi connectivity index (χ1v) is 2.60. The van der Waals surface area contributed by atoms with E-state index in [-0.39, 0.29) is 6.42 Å². The van der Waals surface area contributed by atoms with Crippen molar-refractivity contribution in [2.75, 3.05) is 0 Å². The number of hydrogen-bond donors (Lipinski definition) is 0. The first-order chi connectivity index (χ1) is 4.50.